The molecule has 0 heterocycles. The predicted molar refractivity (Wildman–Crippen MR) is 75.5 cm³/mol. The first-order chi connectivity index (χ1) is 9.18. The highest BCUT2D eigenvalue weighted by molar-refractivity contribution is 5.87. The van der Waals surface area contributed by atoms with Crippen molar-refractivity contribution in [1.29, 1.82) is 0 Å². The summed E-state index contributed by atoms with van der Waals surface area (Å²) in [4.78, 5) is 16.4. The minimum absolute atomic E-state index is 0.148. The number of rotatable bonds is 7. The zero-order chi connectivity index (χ0) is 14.1. The molecule has 0 amide bonds. The first-order valence-corrected chi connectivity index (χ1v) is 5.97. The molecular formula is C15H19NO3. The second-order valence-corrected chi connectivity index (χ2v) is 4.12. The van der Waals surface area contributed by atoms with Gasteiger partial charge in [-0.3, -0.25) is 4.99 Å². The fourth-order valence-electron chi connectivity index (χ4n) is 1.75. The van der Waals surface area contributed by atoms with Crippen molar-refractivity contribution in [3.05, 3.63) is 48.6 Å². The summed E-state index contributed by atoms with van der Waals surface area (Å²) in [5, 5.41) is 0. The van der Waals surface area contributed by atoms with Gasteiger partial charge in [-0.15, -0.1) is 6.58 Å². The van der Waals surface area contributed by atoms with E-state index in [9.17, 15) is 4.79 Å². The van der Waals surface area contributed by atoms with E-state index in [1.54, 1.807) is 12.3 Å². The first-order valence-electron chi connectivity index (χ1n) is 5.97. The van der Waals surface area contributed by atoms with Crippen LogP contribution in [0.5, 0.6) is 0 Å². The normalized spacial score (nSPS) is 14.0. The van der Waals surface area contributed by atoms with Crippen LogP contribution in [0, 0.1) is 0 Å². The Hall–Kier alpha value is -1.94. The maximum absolute atomic E-state index is 12.0. The van der Waals surface area contributed by atoms with Gasteiger partial charge >= 0.3 is 5.97 Å². The number of carbonyl (C=O) groups is 1. The third-order valence-corrected chi connectivity index (χ3v) is 2.69. The number of aliphatic imine (C=N–C) groups is 1. The zero-order valence-electron chi connectivity index (χ0n) is 11.3. The summed E-state index contributed by atoms with van der Waals surface area (Å²) in [5.41, 5.74) is -0.155. The van der Waals surface area contributed by atoms with E-state index in [4.69, 9.17) is 9.47 Å². The highest BCUT2D eigenvalue weighted by Gasteiger charge is 2.37. The molecule has 0 spiro atoms. The lowest BCUT2D eigenvalue weighted by Gasteiger charge is -2.24. The highest BCUT2D eigenvalue weighted by atomic mass is 16.5. The van der Waals surface area contributed by atoms with Gasteiger partial charge in [0.2, 0.25) is 0 Å². The molecule has 1 rings (SSSR count). The third-order valence-electron chi connectivity index (χ3n) is 2.69. The Kier molecular flexibility index (Phi) is 5.96. The van der Waals surface area contributed by atoms with Crippen LogP contribution in [0.15, 0.2) is 48.0 Å². The van der Waals surface area contributed by atoms with E-state index in [-0.39, 0.29) is 6.61 Å². The fraction of sp³-hybridized carbons (Fsp3) is 0.333. The molecule has 1 unspecified atom stereocenters. The molecule has 1 aromatic rings. The molecule has 102 valence electrons. The quantitative estimate of drug-likeness (QED) is 0.429. The van der Waals surface area contributed by atoms with Crippen molar-refractivity contribution in [3.63, 3.8) is 0 Å². The minimum Gasteiger partial charge on any atom is -0.467 e. The Morgan fingerprint density at radius 3 is 2.58 bits per heavy atom. The van der Waals surface area contributed by atoms with Gasteiger partial charge in [0.1, 0.15) is 0 Å². The van der Waals surface area contributed by atoms with E-state index in [0.29, 0.717) is 6.42 Å². The van der Waals surface area contributed by atoms with Crippen LogP contribution in [0.2, 0.25) is 0 Å². The second kappa shape index (κ2) is 7.48. The average molecular weight is 261 g/mol. The van der Waals surface area contributed by atoms with Crippen molar-refractivity contribution < 1.29 is 14.3 Å². The lowest BCUT2D eigenvalue weighted by atomic mass is 9.97. The van der Waals surface area contributed by atoms with Crippen molar-refractivity contribution in [2.75, 3.05) is 20.8 Å². The van der Waals surface area contributed by atoms with E-state index >= 15 is 0 Å². The standard InChI is InChI=1S/C15H19NO3/c1-4-10-15(12-18-2,14(17)19-3)16-11-13-8-6-5-7-9-13/h4-9,11H,1,10,12H2,2-3H3. The number of hydrogen-bond acceptors (Lipinski definition) is 4. The number of ether oxygens (including phenoxy) is 2. The topological polar surface area (TPSA) is 47.9 Å². The summed E-state index contributed by atoms with van der Waals surface area (Å²) < 4.78 is 9.94. The van der Waals surface area contributed by atoms with Gasteiger partial charge in [-0.1, -0.05) is 36.4 Å². The molecule has 0 N–H and O–H groups in total. The van der Waals surface area contributed by atoms with Gasteiger partial charge in [0.05, 0.1) is 13.7 Å². The molecule has 0 aromatic heterocycles. The van der Waals surface area contributed by atoms with Gasteiger partial charge in [-0.25, -0.2) is 4.79 Å². The molecule has 1 atom stereocenters. The number of hydrogen-bond donors (Lipinski definition) is 0. The molecular weight excluding hydrogens is 242 g/mol. The highest BCUT2D eigenvalue weighted by Crippen LogP contribution is 2.20. The van der Waals surface area contributed by atoms with Crippen LogP contribution >= 0.6 is 0 Å². The summed E-state index contributed by atoms with van der Waals surface area (Å²) >= 11 is 0. The van der Waals surface area contributed by atoms with Gasteiger partial charge in [-0.2, -0.15) is 0 Å². The molecule has 0 fully saturated rings. The molecule has 1 aromatic carbocycles. The maximum atomic E-state index is 12.0. The Balaban J connectivity index is 3.04. The Bertz CT molecular complexity index is 442. The SMILES string of the molecule is C=CCC(COC)(N=Cc1ccccc1)C(=O)OC. The minimum atomic E-state index is -1.07. The summed E-state index contributed by atoms with van der Waals surface area (Å²) in [5.74, 6) is -0.429. The summed E-state index contributed by atoms with van der Waals surface area (Å²) in [6.45, 7) is 3.81. The molecule has 0 aliphatic heterocycles. The van der Waals surface area contributed by atoms with Crippen molar-refractivity contribution in [3.8, 4) is 0 Å². The summed E-state index contributed by atoms with van der Waals surface area (Å²) in [7, 11) is 2.87. The molecule has 0 radical (unpaired) electrons. The van der Waals surface area contributed by atoms with Crippen molar-refractivity contribution in [2.45, 2.75) is 12.0 Å². The number of nitrogens with zero attached hydrogens (tertiary/aromatic N) is 1. The van der Waals surface area contributed by atoms with E-state index < -0.39 is 11.5 Å². The van der Waals surface area contributed by atoms with Gasteiger partial charge in [0.15, 0.2) is 5.54 Å². The molecule has 0 saturated heterocycles. The lowest BCUT2D eigenvalue weighted by Crippen LogP contribution is -2.42. The van der Waals surface area contributed by atoms with Crippen LogP contribution in [0.25, 0.3) is 0 Å². The van der Waals surface area contributed by atoms with Crippen LogP contribution in [0.4, 0.5) is 0 Å². The second-order valence-electron chi connectivity index (χ2n) is 4.12. The molecule has 4 nitrogen and oxygen atoms in total. The van der Waals surface area contributed by atoms with Crippen molar-refractivity contribution in [1.82, 2.24) is 0 Å². The van der Waals surface area contributed by atoms with Crippen molar-refractivity contribution >= 4 is 12.2 Å². The molecule has 0 bridgehead atoms. The third kappa shape index (κ3) is 4.03. The van der Waals surface area contributed by atoms with Crippen LogP contribution in [0.1, 0.15) is 12.0 Å². The maximum Gasteiger partial charge on any atom is 0.336 e. The van der Waals surface area contributed by atoms with E-state index in [2.05, 4.69) is 11.6 Å². The zero-order valence-corrected chi connectivity index (χ0v) is 11.3. The summed E-state index contributed by atoms with van der Waals surface area (Å²) in [6.07, 6.45) is 3.65. The van der Waals surface area contributed by atoms with Gasteiger partial charge in [0.25, 0.3) is 0 Å². The van der Waals surface area contributed by atoms with E-state index in [1.165, 1.54) is 14.2 Å². The molecule has 0 aliphatic rings. The van der Waals surface area contributed by atoms with E-state index in [1.807, 2.05) is 30.3 Å². The Morgan fingerprint density at radius 2 is 2.05 bits per heavy atom. The predicted octanol–water partition coefficient (Wildman–Crippen LogP) is 2.24. The van der Waals surface area contributed by atoms with Crippen LogP contribution in [-0.2, 0) is 14.3 Å². The Labute approximate surface area is 113 Å². The number of carbonyl (C=O) groups excluding carboxylic acids is 1. The van der Waals surface area contributed by atoms with Gasteiger partial charge in [0, 0.05) is 19.7 Å². The average Bonchev–Trinajstić information content (AvgIpc) is 2.45. The van der Waals surface area contributed by atoms with Crippen LogP contribution in [0.3, 0.4) is 0 Å². The number of benzene rings is 1. The monoisotopic (exact) mass is 261 g/mol. The van der Waals surface area contributed by atoms with Gasteiger partial charge < -0.3 is 9.47 Å². The van der Waals surface area contributed by atoms with Gasteiger partial charge in [-0.05, 0) is 5.56 Å². The fourth-order valence-corrected chi connectivity index (χ4v) is 1.75. The number of methoxy groups -OCH3 is 2. The smallest absolute Gasteiger partial charge is 0.336 e. The van der Waals surface area contributed by atoms with E-state index in [0.717, 1.165) is 5.56 Å². The molecule has 0 aliphatic carbocycles. The largest absolute Gasteiger partial charge is 0.467 e. The first kappa shape index (κ1) is 15.1. The molecule has 4 heteroatoms. The lowest BCUT2D eigenvalue weighted by molar-refractivity contribution is -0.148. The number of esters is 1. The summed E-state index contributed by atoms with van der Waals surface area (Å²) in [6, 6.07) is 9.55. The Morgan fingerprint density at radius 1 is 1.37 bits per heavy atom. The van der Waals surface area contributed by atoms with Crippen LogP contribution in [-0.4, -0.2) is 38.5 Å². The van der Waals surface area contributed by atoms with Crippen LogP contribution < -0.4 is 0 Å². The molecule has 0 saturated carbocycles. The van der Waals surface area contributed by atoms with Crippen molar-refractivity contribution in [2.24, 2.45) is 4.99 Å². The molecule has 19 heavy (non-hydrogen) atoms.